The lowest BCUT2D eigenvalue weighted by Crippen LogP contribution is -2.39. The first-order valence-corrected chi connectivity index (χ1v) is 10.4. The van der Waals surface area contributed by atoms with Crippen LogP contribution in [0.3, 0.4) is 0 Å². The molecule has 31 heavy (non-hydrogen) atoms. The lowest BCUT2D eigenvalue weighted by molar-refractivity contribution is -0.119. The van der Waals surface area contributed by atoms with Gasteiger partial charge in [-0.2, -0.15) is 0 Å². The largest absolute Gasteiger partial charge is 0.490 e. The van der Waals surface area contributed by atoms with E-state index in [-0.39, 0.29) is 36.4 Å². The number of ether oxygens (including phenoxy) is 2. The second-order valence-corrected chi connectivity index (χ2v) is 6.38. The Kier molecular flexibility index (Phi) is 13.2. The van der Waals surface area contributed by atoms with Crippen LogP contribution >= 0.6 is 24.0 Å². The minimum absolute atomic E-state index is 0. The van der Waals surface area contributed by atoms with Gasteiger partial charge < -0.3 is 29.8 Å². The van der Waals surface area contributed by atoms with Crippen LogP contribution in [0.4, 0.5) is 0 Å². The average Bonchev–Trinajstić information content (AvgIpc) is 3.26. The fraction of sp³-hybridized carbons (Fsp3) is 0.455. The van der Waals surface area contributed by atoms with Crippen molar-refractivity contribution in [2.24, 2.45) is 4.99 Å². The van der Waals surface area contributed by atoms with Crippen LogP contribution in [0.2, 0.25) is 0 Å². The summed E-state index contributed by atoms with van der Waals surface area (Å²) in [5, 5.41) is 9.18. The fourth-order valence-corrected chi connectivity index (χ4v) is 2.72. The second-order valence-electron chi connectivity index (χ2n) is 6.38. The first-order valence-electron chi connectivity index (χ1n) is 10.4. The number of amides is 1. The number of carbonyl (C=O) groups is 1. The molecule has 1 aromatic carbocycles. The molecular weight excluding hydrogens is 511 g/mol. The third-order valence-electron chi connectivity index (χ3n) is 4.08. The molecule has 1 aromatic heterocycles. The topological polar surface area (TPSA) is 97.1 Å². The van der Waals surface area contributed by atoms with Gasteiger partial charge in [0.1, 0.15) is 12.3 Å². The second kappa shape index (κ2) is 15.4. The summed E-state index contributed by atoms with van der Waals surface area (Å²) in [6.07, 6.45) is 2.36. The minimum atomic E-state index is -0.170. The summed E-state index contributed by atoms with van der Waals surface area (Å²) in [6, 6.07) is 9.57. The molecule has 0 bridgehead atoms. The lowest BCUT2D eigenvalue weighted by atomic mass is 10.1. The molecule has 0 radical (unpaired) electrons. The van der Waals surface area contributed by atoms with E-state index < -0.39 is 0 Å². The zero-order chi connectivity index (χ0) is 21.6. The van der Waals surface area contributed by atoms with Gasteiger partial charge in [-0.1, -0.05) is 6.07 Å². The van der Waals surface area contributed by atoms with Gasteiger partial charge in [-0.15, -0.1) is 24.0 Å². The molecule has 0 unspecified atom stereocenters. The van der Waals surface area contributed by atoms with Crippen molar-refractivity contribution < 1.29 is 18.7 Å². The number of hydrogen-bond acceptors (Lipinski definition) is 5. The molecule has 0 aliphatic carbocycles. The minimum Gasteiger partial charge on any atom is -0.490 e. The molecule has 2 rings (SSSR count). The number of furan rings is 1. The molecule has 0 saturated heterocycles. The highest BCUT2D eigenvalue weighted by Crippen LogP contribution is 2.28. The van der Waals surface area contributed by atoms with Crippen molar-refractivity contribution in [3.8, 4) is 11.5 Å². The van der Waals surface area contributed by atoms with Crippen molar-refractivity contribution >= 4 is 35.8 Å². The average molecular weight is 544 g/mol. The molecule has 0 fully saturated rings. The molecule has 1 heterocycles. The van der Waals surface area contributed by atoms with Crippen LogP contribution in [0.25, 0.3) is 0 Å². The van der Waals surface area contributed by atoms with E-state index >= 15 is 0 Å². The number of rotatable bonds is 12. The number of nitrogens with zero attached hydrogens (tertiary/aromatic N) is 1. The Bertz CT molecular complexity index is 797. The van der Waals surface area contributed by atoms with Crippen molar-refractivity contribution in [3.05, 3.63) is 47.9 Å². The molecule has 9 heteroatoms. The number of halogens is 1. The highest BCUT2D eigenvalue weighted by Gasteiger charge is 2.07. The molecule has 0 aliphatic rings. The molecule has 3 N–H and O–H groups in total. The van der Waals surface area contributed by atoms with E-state index in [9.17, 15) is 4.79 Å². The summed E-state index contributed by atoms with van der Waals surface area (Å²) >= 11 is 0. The molecule has 0 atom stereocenters. The van der Waals surface area contributed by atoms with Gasteiger partial charge in [0.05, 0.1) is 26.0 Å². The summed E-state index contributed by atoms with van der Waals surface area (Å²) in [7, 11) is 0. The van der Waals surface area contributed by atoms with Crippen molar-refractivity contribution in [3.63, 3.8) is 0 Å². The van der Waals surface area contributed by atoms with Crippen molar-refractivity contribution in [2.45, 2.75) is 33.7 Å². The van der Waals surface area contributed by atoms with Gasteiger partial charge in [0.2, 0.25) is 5.91 Å². The van der Waals surface area contributed by atoms with Crippen LogP contribution in [0.5, 0.6) is 11.5 Å². The van der Waals surface area contributed by atoms with Gasteiger partial charge in [0, 0.05) is 13.1 Å². The summed E-state index contributed by atoms with van der Waals surface area (Å²) in [4.78, 5) is 16.3. The predicted octanol–water partition coefficient (Wildman–Crippen LogP) is 3.11. The fourth-order valence-electron chi connectivity index (χ4n) is 2.72. The zero-order valence-corrected chi connectivity index (χ0v) is 20.7. The van der Waals surface area contributed by atoms with E-state index in [4.69, 9.17) is 13.9 Å². The monoisotopic (exact) mass is 544 g/mol. The Balaban J connectivity index is 0.00000480. The summed E-state index contributed by atoms with van der Waals surface area (Å²) in [5.74, 6) is 2.65. The maximum Gasteiger partial charge on any atom is 0.242 e. The lowest BCUT2D eigenvalue weighted by Gasteiger charge is -2.14. The van der Waals surface area contributed by atoms with Gasteiger partial charge in [-0.3, -0.25) is 4.79 Å². The van der Waals surface area contributed by atoms with Crippen LogP contribution in [-0.4, -0.2) is 44.7 Å². The van der Waals surface area contributed by atoms with E-state index in [1.165, 1.54) is 0 Å². The highest BCUT2D eigenvalue weighted by molar-refractivity contribution is 14.0. The SMILES string of the molecule is CCNC(=NCC(=O)NCc1ccco1)NCCc1ccc(OCC)c(OCC)c1.I. The van der Waals surface area contributed by atoms with E-state index in [1.807, 2.05) is 45.0 Å². The van der Waals surface area contributed by atoms with E-state index in [0.29, 0.717) is 44.6 Å². The van der Waals surface area contributed by atoms with E-state index in [1.54, 1.807) is 12.3 Å². The zero-order valence-electron chi connectivity index (χ0n) is 18.4. The quantitative estimate of drug-likeness (QED) is 0.216. The Morgan fingerprint density at radius 2 is 1.81 bits per heavy atom. The highest BCUT2D eigenvalue weighted by atomic mass is 127. The molecule has 8 nitrogen and oxygen atoms in total. The molecular formula is C22H33IN4O4. The molecule has 0 spiro atoms. The van der Waals surface area contributed by atoms with Gasteiger partial charge in [-0.05, 0) is 57.0 Å². The van der Waals surface area contributed by atoms with Gasteiger partial charge in [0.25, 0.3) is 0 Å². The number of aliphatic imine (C=N–C) groups is 1. The molecule has 172 valence electrons. The molecule has 1 amide bonds. The van der Waals surface area contributed by atoms with Gasteiger partial charge >= 0.3 is 0 Å². The van der Waals surface area contributed by atoms with E-state index in [2.05, 4.69) is 20.9 Å². The Hall–Kier alpha value is -2.43. The number of guanidine groups is 1. The maximum absolute atomic E-state index is 12.0. The third kappa shape index (κ3) is 9.95. The maximum atomic E-state index is 12.0. The first-order chi connectivity index (χ1) is 14.7. The summed E-state index contributed by atoms with van der Waals surface area (Å²) in [5.41, 5.74) is 1.13. The Morgan fingerprint density at radius 3 is 2.48 bits per heavy atom. The van der Waals surface area contributed by atoms with Gasteiger partial charge in [0.15, 0.2) is 17.5 Å². The number of nitrogens with one attached hydrogen (secondary N) is 3. The summed E-state index contributed by atoms with van der Waals surface area (Å²) in [6.45, 7) is 8.82. The van der Waals surface area contributed by atoms with Crippen LogP contribution < -0.4 is 25.4 Å². The third-order valence-corrected chi connectivity index (χ3v) is 4.08. The predicted molar refractivity (Wildman–Crippen MR) is 132 cm³/mol. The molecule has 2 aromatic rings. The Labute approximate surface area is 201 Å². The normalized spacial score (nSPS) is 10.7. The van der Waals surface area contributed by atoms with Crippen molar-refractivity contribution in [1.29, 1.82) is 0 Å². The van der Waals surface area contributed by atoms with Crippen molar-refractivity contribution in [1.82, 2.24) is 16.0 Å². The van der Waals surface area contributed by atoms with Gasteiger partial charge in [-0.25, -0.2) is 4.99 Å². The molecule has 0 aliphatic heterocycles. The number of hydrogen-bond donors (Lipinski definition) is 3. The Morgan fingerprint density at radius 1 is 1.03 bits per heavy atom. The number of carbonyl (C=O) groups excluding carboxylic acids is 1. The number of benzene rings is 1. The van der Waals surface area contributed by atoms with Crippen molar-refractivity contribution in [2.75, 3.05) is 32.8 Å². The smallest absolute Gasteiger partial charge is 0.242 e. The van der Waals surface area contributed by atoms with E-state index in [0.717, 1.165) is 23.5 Å². The van der Waals surface area contributed by atoms with Crippen LogP contribution in [0.1, 0.15) is 32.1 Å². The standard InChI is InChI=1S/C22H32N4O4.HI/c1-4-23-22(26-16-21(27)25-15-18-8-7-13-30-18)24-12-11-17-9-10-19(28-5-2)20(14-17)29-6-3;/h7-10,13-14H,4-6,11-12,15-16H2,1-3H3,(H,25,27)(H2,23,24,26);1H. The van der Waals surface area contributed by atoms with Crippen LogP contribution in [0, 0.1) is 0 Å². The molecule has 0 saturated carbocycles. The summed E-state index contributed by atoms with van der Waals surface area (Å²) < 4.78 is 16.5. The first kappa shape index (κ1) is 26.6. The van der Waals surface area contributed by atoms with Crippen LogP contribution in [-0.2, 0) is 17.8 Å². The van der Waals surface area contributed by atoms with Crippen LogP contribution in [0.15, 0.2) is 46.0 Å².